The van der Waals surface area contributed by atoms with Gasteiger partial charge in [0.05, 0.1) is 16.6 Å². The molecule has 7 heteroatoms. The SMILES string of the molecule is NC(=S)c1c(Cl)cccc1N1CCN2C(=O)NCC2C1. The lowest BCUT2D eigenvalue weighted by atomic mass is 10.1. The average Bonchev–Trinajstić information content (AvgIpc) is 2.79. The number of urea groups is 1. The van der Waals surface area contributed by atoms with Gasteiger partial charge in [-0.1, -0.05) is 29.9 Å². The Morgan fingerprint density at radius 2 is 2.25 bits per heavy atom. The molecular weight excluding hydrogens is 296 g/mol. The van der Waals surface area contributed by atoms with Crippen LogP contribution in [0, 0.1) is 0 Å². The van der Waals surface area contributed by atoms with Gasteiger partial charge in [0.25, 0.3) is 0 Å². The number of halogens is 1. The van der Waals surface area contributed by atoms with Crippen molar-refractivity contribution in [2.24, 2.45) is 5.73 Å². The smallest absolute Gasteiger partial charge is 0.317 e. The molecule has 3 N–H and O–H groups in total. The molecule has 0 radical (unpaired) electrons. The van der Waals surface area contributed by atoms with Crippen molar-refractivity contribution in [3.63, 3.8) is 0 Å². The van der Waals surface area contributed by atoms with Crippen LogP contribution in [0.4, 0.5) is 10.5 Å². The number of piperazine rings is 1. The fraction of sp³-hybridized carbons (Fsp3) is 0.385. The first-order chi connectivity index (χ1) is 9.58. The minimum atomic E-state index is 0.0234. The van der Waals surface area contributed by atoms with Crippen LogP contribution in [-0.2, 0) is 0 Å². The Morgan fingerprint density at radius 3 is 3.00 bits per heavy atom. The number of hydrogen-bond donors (Lipinski definition) is 2. The minimum Gasteiger partial charge on any atom is -0.389 e. The molecule has 0 spiro atoms. The van der Waals surface area contributed by atoms with Crippen molar-refractivity contribution >= 4 is 40.5 Å². The molecule has 2 amide bonds. The molecule has 1 atom stereocenters. The predicted octanol–water partition coefficient (Wildman–Crippen LogP) is 1.19. The Bertz CT molecular complexity index is 579. The number of amides is 2. The van der Waals surface area contributed by atoms with E-state index in [4.69, 9.17) is 29.6 Å². The first-order valence-corrected chi connectivity index (χ1v) is 7.24. The number of carbonyl (C=O) groups excluding carboxylic acids is 1. The molecule has 106 valence electrons. The van der Waals surface area contributed by atoms with Gasteiger partial charge in [0, 0.05) is 31.9 Å². The summed E-state index contributed by atoms with van der Waals surface area (Å²) >= 11 is 11.3. The van der Waals surface area contributed by atoms with Gasteiger partial charge in [0.1, 0.15) is 4.99 Å². The molecule has 0 saturated carbocycles. The van der Waals surface area contributed by atoms with E-state index in [-0.39, 0.29) is 12.1 Å². The molecule has 1 unspecified atom stereocenters. The number of nitrogens with two attached hydrogens (primary N) is 1. The number of fused-ring (bicyclic) bond motifs is 1. The Balaban J connectivity index is 1.89. The first kappa shape index (κ1) is 13.5. The van der Waals surface area contributed by atoms with Gasteiger partial charge >= 0.3 is 6.03 Å². The van der Waals surface area contributed by atoms with Crippen molar-refractivity contribution in [2.75, 3.05) is 31.1 Å². The number of nitrogens with one attached hydrogen (secondary N) is 1. The van der Waals surface area contributed by atoms with E-state index < -0.39 is 0 Å². The quantitative estimate of drug-likeness (QED) is 0.806. The summed E-state index contributed by atoms with van der Waals surface area (Å²) in [6.45, 7) is 2.88. The van der Waals surface area contributed by atoms with E-state index in [2.05, 4.69) is 10.2 Å². The van der Waals surface area contributed by atoms with Gasteiger partial charge in [-0.2, -0.15) is 0 Å². The monoisotopic (exact) mass is 310 g/mol. The third-order valence-electron chi connectivity index (χ3n) is 3.81. The zero-order valence-corrected chi connectivity index (χ0v) is 12.4. The highest BCUT2D eigenvalue weighted by Gasteiger charge is 2.36. The van der Waals surface area contributed by atoms with Gasteiger partial charge in [-0.05, 0) is 12.1 Å². The molecule has 20 heavy (non-hydrogen) atoms. The first-order valence-electron chi connectivity index (χ1n) is 6.45. The highest BCUT2D eigenvalue weighted by molar-refractivity contribution is 7.80. The normalized spacial score (nSPS) is 21.6. The Kier molecular flexibility index (Phi) is 3.43. The number of rotatable bonds is 2. The Hall–Kier alpha value is -1.53. The van der Waals surface area contributed by atoms with Crippen LogP contribution in [0.3, 0.4) is 0 Å². The van der Waals surface area contributed by atoms with E-state index in [1.165, 1.54) is 0 Å². The van der Waals surface area contributed by atoms with Crippen LogP contribution in [0.1, 0.15) is 5.56 Å². The molecule has 1 aromatic rings. The number of anilines is 1. The molecule has 0 aromatic heterocycles. The second-order valence-electron chi connectivity index (χ2n) is 4.98. The summed E-state index contributed by atoms with van der Waals surface area (Å²) in [6, 6.07) is 5.87. The summed E-state index contributed by atoms with van der Waals surface area (Å²) in [5.74, 6) is 0. The van der Waals surface area contributed by atoms with Gasteiger partial charge < -0.3 is 20.9 Å². The number of thiocarbonyl (C=S) groups is 1. The average molecular weight is 311 g/mol. The topological polar surface area (TPSA) is 61.6 Å². The molecule has 2 aliphatic heterocycles. The fourth-order valence-electron chi connectivity index (χ4n) is 2.84. The van der Waals surface area contributed by atoms with Crippen LogP contribution in [0.15, 0.2) is 18.2 Å². The summed E-state index contributed by atoms with van der Waals surface area (Å²) in [4.78, 5) is 16.0. The molecule has 0 aliphatic carbocycles. The van der Waals surface area contributed by atoms with E-state index in [1.807, 2.05) is 17.0 Å². The highest BCUT2D eigenvalue weighted by atomic mass is 35.5. The van der Waals surface area contributed by atoms with Crippen molar-refractivity contribution in [3.05, 3.63) is 28.8 Å². The zero-order chi connectivity index (χ0) is 14.3. The van der Waals surface area contributed by atoms with Crippen LogP contribution in [-0.4, -0.2) is 48.1 Å². The standard InChI is InChI=1S/C13H15ClN4OS/c14-9-2-1-3-10(11(9)12(15)20)17-4-5-18-8(7-17)6-16-13(18)19/h1-3,8H,4-7H2,(H2,15,20)(H,16,19). The lowest BCUT2D eigenvalue weighted by Gasteiger charge is -2.38. The van der Waals surface area contributed by atoms with E-state index in [1.54, 1.807) is 6.07 Å². The van der Waals surface area contributed by atoms with Crippen molar-refractivity contribution in [3.8, 4) is 0 Å². The molecule has 2 heterocycles. The Morgan fingerprint density at radius 1 is 1.45 bits per heavy atom. The number of benzene rings is 1. The molecule has 5 nitrogen and oxygen atoms in total. The van der Waals surface area contributed by atoms with Gasteiger partial charge in [0.15, 0.2) is 0 Å². The van der Waals surface area contributed by atoms with Gasteiger partial charge in [0.2, 0.25) is 0 Å². The Labute approximate surface area is 127 Å². The van der Waals surface area contributed by atoms with Crippen molar-refractivity contribution in [1.29, 1.82) is 0 Å². The minimum absolute atomic E-state index is 0.0234. The fourth-order valence-corrected chi connectivity index (χ4v) is 3.38. The molecule has 3 rings (SSSR count). The van der Waals surface area contributed by atoms with Gasteiger partial charge in [-0.3, -0.25) is 0 Å². The van der Waals surface area contributed by atoms with Crippen molar-refractivity contribution < 1.29 is 4.79 Å². The van der Waals surface area contributed by atoms with Crippen molar-refractivity contribution in [1.82, 2.24) is 10.2 Å². The molecule has 2 aliphatic rings. The van der Waals surface area contributed by atoms with Crippen LogP contribution < -0.4 is 16.0 Å². The van der Waals surface area contributed by atoms with E-state index in [0.717, 1.165) is 24.3 Å². The molecule has 2 fully saturated rings. The highest BCUT2D eigenvalue weighted by Crippen LogP contribution is 2.29. The van der Waals surface area contributed by atoms with Crippen LogP contribution >= 0.6 is 23.8 Å². The van der Waals surface area contributed by atoms with Crippen molar-refractivity contribution in [2.45, 2.75) is 6.04 Å². The van der Waals surface area contributed by atoms with Crippen LogP contribution in [0.2, 0.25) is 5.02 Å². The summed E-state index contributed by atoms with van der Waals surface area (Å²) < 4.78 is 0. The number of nitrogens with zero attached hydrogens (tertiary/aromatic N) is 2. The summed E-state index contributed by atoms with van der Waals surface area (Å²) in [5.41, 5.74) is 7.46. The summed E-state index contributed by atoms with van der Waals surface area (Å²) in [6.07, 6.45) is 0. The molecular formula is C13H15ClN4OS. The maximum Gasteiger partial charge on any atom is 0.317 e. The lowest BCUT2D eigenvalue weighted by molar-refractivity contribution is 0.197. The number of hydrogen-bond acceptors (Lipinski definition) is 3. The third-order valence-corrected chi connectivity index (χ3v) is 4.33. The molecule has 2 saturated heterocycles. The van der Waals surface area contributed by atoms with Crippen LogP contribution in [0.5, 0.6) is 0 Å². The van der Waals surface area contributed by atoms with Crippen LogP contribution in [0.25, 0.3) is 0 Å². The van der Waals surface area contributed by atoms with E-state index in [0.29, 0.717) is 23.1 Å². The lowest BCUT2D eigenvalue weighted by Crippen LogP contribution is -2.52. The largest absolute Gasteiger partial charge is 0.389 e. The zero-order valence-electron chi connectivity index (χ0n) is 10.8. The molecule has 0 bridgehead atoms. The maximum absolute atomic E-state index is 11.6. The van der Waals surface area contributed by atoms with Gasteiger partial charge in [-0.25, -0.2) is 4.79 Å². The summed E-state index contributed by atoms with van der Waals surface area (Å²) in [7, 11) is 0. The second-order valence-corrected chi connectivity index (χ2v) is 5.82. The van der Waals surface area contributed by atoms with E-state index in [9.17, 15) is 4.79 Å². The van der Waals surface area contributed by atoms with Gasteiger partial charge in [-0.15, -0.1) is 0 Å². The number of carbonyl (C=O) groups is 1. The third kappa shape index (κ3) is 2.19. The molecule has 1 aromatic carbocycles. The predicted molar refractivity (Wildman–Crippen MR) is 83.4 cm³/mol. The maximum atomic E-state index is 11.6. The van der Waals surface area contributed by atoms with E-state index >= 15 is 0 Å². The summed E-state index contributed by atoms with van der Waals surface area (Å²) in [5, 5.41) is 3.43. The second kappa shape index (κ2) is 5.10.